The lowest BCUT2D eigenvalue weighted by Crippen LogP contribution is -2.28. The average Bonchev–Trinajstić information content (AvgIpc) is 1.80. The van der Waals surface area contributed by atoms with Gasteiger partial charge in [-0.2, -0.15) is 13.2 Å². The standard InChI is InChI=1S/C7H13F3O/c1-5(2)3-4-6(11)7(8,9)10/h5-6,11H,3-4H2,1-2H3. The molecule has 0 heterocycles. The third-order valence-corrected chi connectivity index (χ3v) is 1.40. The molecule has 11 heavy (non-hydrogen) atoms. The van der Waals surface area contributed by atoms with E-state index in [0.29, 0.717) is 6.42 Å². The van der Waals surface area contributed by atoms with Crippen molar-refractivity contribution in [1.82, 2.24) is 0 Å². The summed E-state index contributed by atoms with van der Waals surface area (Å²) in [5.74, 6) is 0.201. The van der Waals surface area contributed by atoms with Gasteiger partial charge in [0.2, 0.25) is 0 Å². The van der Waals surface area contributed by atoms with Crippen molar-refractivity contribution in [3.8, 4) is 0 Å². The molecule has 0 aliphatic rings. The number of aliphatic hydroxyl groups excluding tert-OH is 1. The van der Waals surface area contributed by atoms with E-state index in [1.54, 1.807) is 0 Å². The second-order valence-electron chi connectivity index (χ2n) is 3.03. The summed E-state index contributed by atoms with van der Waals surface area (Å²) in [6, 6.07) is 0. The quantitative estimate of drug-likeness (QED) is 0.689. The van der Waals surface area contributed by atoms with Crippen molar-refractivity contribution in [1.29, 1.82) is 0 Å². The Kier molecular flexibility index (Phi) is 3.86. The lowest BCUT2D eigenvalue weighted by molar-refractivity contribution is -0.206. The van der Waals surface area contributed by atoms with Gasteiger partial charge in [0.25, 0.3) is 0 Å². The van der Waals surface area contributed by atoms with Crippen molar-refractivity contribution in [3.05, 3.63) is 0 Å². The Morgan fingerprint density at radius 2 is 1.64 bits per heavy atom. The summed E-state index contributed by atoms with van der Waals surface area (Å²) in [5.41, 5.74) is 0. The van der Waals surface area contributed by atoms with Crippen molar-refractivity contribution in [3.63, 3.8) is 0 Å². The lowest BCUT2D eigenvalue weighted by Gasteiger charge is -2.14. The molecular formula is C7H13F3O. The van der Waals surface area contributed by atoms with Crippen LogP contribution < -0.4 is 0 Å². The van der Waals surface area contributed by atoms with Crippen molar-refractivity contribution >= 4 is 0 Å². The normalized spacial score (nSPS) is 15.5. The van der Waals surface area contributed by atoms with Crippen LogP contribution in [0.2, 0.25) is 0 Å². The van der Waals surface area contributed by atoms with E-state index in [9.17, 15) is 13.2 Å². The Labute approximate surface area is 64.2 Å². The molecule has 1 N–H and O–H groups in total. The molecule has 1 unspecified atom stereocenters. The van der Waals surface area contributed by atoms with E-state index in [2.05, 4.69) is 0 Å². The highest BCUT2D eigenvalue weighted by atomic mass is 19.4. The van der Waals surface area contributed by atoms with E-state index in [1.165, 1.54) is 0 Å². The molecule has 0 saturated carbocycles. The highest BCUT2D eigenvalue weighted by Crippen LogP contribution is 2.24. The molecule has 0 aromatic heterocycles. The third kappa shape index (κ3) is 5.07. The largest absolute Gasteiger partial charge is 0.414 e. The molecule has 0 aliphatic heterocycles. The molecule has 0 fully saturated rings. The maximum absolute atomic E-state index is 11.6. The first-order valence-electron chi connectivity index (χ1n) is 3.59. The number of alkyl halides is 3. The van der Waals surface area contributed by atoms with Gasteiger partial charge in [-0.15, -0.1) is 0 Å². The fourth-order valence-electron chi connectivity index (χ4n) is 0.655. The van der Waals surface area contributed by atoms with Crippen LogP contribution in [-0.2, 0) is 0 Å². The van der Waals surface area contributed by atoms with Gasteiger partial charge >= 0.3 is 6.18 Å². The minimum atomic E-state index is -4.45. The number of halogens is 3. The van der Waals surface area contributed by atoms with Crippen LogP contribution >= 0.6 is 0 Å². The minimum Gasteiger partial charge on any atom is -0.384 e. The number of aliphatic hydroxyl groups is 1. The minimum absolute atomic E-state index is 0.193. The molecule has 1 nitrogen and oxygen atoms in total. The fraction of sp³-hybridized carbons (Fsp3) is 1.00. The van der Waals surface area contributed by atoms with Gasteiger partial charge in [0, 0.05) is 0 Å². The second-order valence-corrected chi connectivity index (χ2v) is 3.03. The second kappa shape index (κ2) is 3.95. The SMILES string of the molecule is CC(C)CCC(O)C(F)(F)F. The molecule has 4 heteroatoms. The van der Waals surface area contributed by atoms with Gasteiger partial charge in [-0.3, -0.25) is 0 Å². The van der Waals surface area contributed by atoms with Crippen LogP contribution in [0.1, 0.15) is 26.7 Å². The number of hydrogen-bond acceptors (Lipinski definition) is 1. The fourth-order valence-corrected chi connectivity index (χ4v) is 0.655. The number of hydrogen-bond donors (Lipinski definition) is 1. The highest BCUT2D eigenvalue weighted by Gasteiger charge is 2.37. The molecular weight excluding hydrogens is 157 g/mol. The van der Waals surface area contributed by atoms with Gasteiger partial charge in [0.05, 0.1) is 0 Å². The van der Waals surface area contributed by atoms with Crippen molar-refractivity contribution in [2.45, 2.75) is 39.0 Å². The molecule has 0 bridgehead atoms. The van der Waals surface area contributed by atoms with E-state index in [-0.39, 0.29) is 12.3 Å². The summed E-state index contributed by atoms with van der Waals surface area (Å²) < 4.78 is 34.9. The summed E-state index contributed by atoms with van der Waals surface area (Å²) >= 11 is 0. The first-order chi connectivity index (χ1) is 4.84. The summed E-state index contributed by atoms with van der Waals surface area (Å²) in [6.45, 7) is 3.65. The van der Waals surface area contributed by atoms with Crippen LogP contribution in [0.15, 0.2) is 0 Å². The molecule has 0 amide bonds. The zero-order valence-corrected chi connectivity index (χ0v) is 6.65. The predicted molar refractivity (Wildman–Crippen MR) is 36.1 cm³/mol. The Balaban J connectivity index is 3.61. The summed E-state index contributed by atoms with van der Waals surface area (Å²) in [5, 5.41) is 8.51. The van der Waals surface area contributed by atoms with Gasteiger partial charge < -0.3 is 5.11 Å². The molecule has 0 spiro atoms. The molecule has 0 radical (unpaired) electrons. The van der Waals surface area contributed by atoms with E-state index in [1.807, 2.05) is 13.8 Å². The monoisotopic (exact) mass is 170 g/mol. The van der Waals surface area contributed by atoms with Crippen LogP contribution in [-0.4, -0.2) is 17.4 Å². The van der Waals surface area contributed by atoms with E-state index in [4.69, 9.17) is 5.11 Å². The molecule has 0 aliphatic carbocycles. The lowest BCUT2D eigenvalue weighted by atomic mass is 10.1. The van der Waals surface area contributed by atoms with Crippen LogP contribution in [0.4, 0.5) is 13.2 Å². The Hall–Kier alpha value is -0.250. The maximum Gasteiger partial charge on any atom is 0.414 e. The van der Waals surface area contributed by atoms with Gasteiger partial charge in [-0.25, -0.2) is 0 Å². The smallest absolute Gasteiger partial charge is 0.384 e. The van der Waals surface area contributed by atoms with E-state index >= 15 is 0 Å². The van der Waals surface area contributed by atoms with Crippen molar-refractivity contribution < 1.29 is 18.3 Å². The van der Waals surface area contributed by atoms with Gasteiger partial charge in [0.1, 0.15) is 6.10 Å². The average molecular weight is 170 g/mol. The Morgan fingerprint density at radius 3 is 1.91 bits per heavy atom. The zero-order valence-electron chi connectivity index (χ0n) is 6.65. The summed E-state index contributed by atoms with van der Waals surface area (Å²) in [6.07, 6.45) is -6.39. The van der Waals surface area contributed by atoms with Gasteiger partial charge in [-0.05, 0) is 18.8 Å². The molecule has 0 aromatic carbocycles. The van der Waals surface area contributed by atoms with Gasteiger partial charge in [-0.1, -0.05) is 13.8 Å². The van der Waals surface area contributed by atoms with Gasteiger partial charge in [0.15, 0.2) is 0 Å². The van der Waals surface area contributed by atoms with E-state index in [0.717, 1.165) is 0 Å². The van der Waals surface area contributed by atoms with Crippen LogP contribution in [0.25, 0.3) is 0 Å². The molecule has 1 atom stereocenters. The molecule has 0 rings (SSSR count). The maximum atomic E-state index is 11.6. The van der Waals surface area contributed by atoms with Crippen LogP contribution in [0.5, 0.6) is 0 Å². The van der Waals surface area contributed by atoms with Crippen LogP contribution in [0, 0.1) is 5.92 Å². The Morgan fingerprint density at radius 1 is 1.18 bits per heavy atom. The third-order valence-electron chi connectivity index (χ3n) is 1.40. The summed E-state index contributed by atoms with van der Waals surface area (Å²) in [7, 11) is 0. The Bertz CT molecular complexity index is 109. The predicted octanol–water partition coefficient (Wildman–Crippen LogP) is 2.35. The molecule has 0 saturated heterocycles. The highest BCUT2D eigenvalue weighted by molar-refractivity contribution is 4.65. The van der Waals surface area contributed by atoms with Crippen molar-refractivity contribution in [2.75, 3.05) is 0 Å². The summed E-state index contributed by atoms with van der Waals surface area (Å²) in [4.78, 5) is 0. The molecule has 0 aromatic rings. The van der Waals surface area contributed by atoms with Crippen molar-refractivity contribution in [2.24, 2.45) is 5.92 Å². The molecule has 68 valence electrons. The first-order valence-corrected chi connectivity index (χ1v) is 3.59. The van der Waals surface area contributed by atoms with Crippen LogP contribution in [0.3, 0.4) is 0 Å². The zero-order chi connectivity index (χ0) is 9.07. The first kappa shape index (κ1) is 10.8. The number of rotatable bonds is 3. The van der Waals surface area contributed by atoms with E-state index < -0.39 is 12.3 Å². The topological polar surface area (TPSA) is 20.2 Å².